The largest absolute Gasteiger partial charge is 0.422 e. The van der Waals surface area contributed by atoms with Crippen LogP contribution in [0.4, 0.5) is 0 Å². The van der Waals surface area contributed by atoms with Crippen molar-refractivity contribution in [2.45, 2.75) is 13.8 Å². The first-order valence-corrected chi connectivity index (χ1v) is 5.27. The lowest BCUT2D eigenvalue weighted by Gasteiger charge is -1.89. The number of rotatable bonds is 2. The van der Waals surface area contributed by atoms with Crippen molar-refractivity contribution >= 4 is 16.9 Å². The van der Waals surface area contributed by atoms with Crippen molar-refractivity contribution in [3.05, 3.63) is 5.41 Å². The summed E-state index contributed by atoms with van der Waals surface area (Å²) in [6.45, 7) is 4.49. The van der Waals surface area contributed by atoms with Crippen molar-refractivity contribution < 1.29 is 0 Å². The van der Waals surface area contributed by atoms with E-state index in [9.17, 15) is 0 Å². The van der Waals surface area contributed by atoms with Gasteiger partial charge in [-0.1, -0.05) is 0 Å². The molecule has 11 heavy (non-hydrogen) atoms. The second-order valence-corrected chi connectivity index (χ2v) is 4.39. The first-order chi connectivity index (χ1) is 5.22. The summed E-state index contributed by atoms with van der Waals surface area (Å²) in [5, 5.41) is 14.9. The van der Waals surface area contributed by atoms with Crippen molar-refractivity contribution in [2.75, 3.05) is 17.8 Å². The molecule has 0 rings (SSSR count). The normalized spacial score (nSPS) is 7.18. The fourth-order valence-electron chi connectivity index (χ4n) is 0.226. The minimum atomic E-state index is 0.716. The first kappa shape index (κ1) is 12.9. The van der Waals surface area contributed by atoms with E-state index in [1.165, 1.54) is 23.7 Å². The highest BCUT2D eigenvalue weighted by Crippen LogP contribution is 1.85. The Morgan fingerprint density at radius 2 is 1.91 bits per heavy atom. The van der Waals surface area contributed by atoms with Crippen molar-refractivity contribution in [1.29, 1.82) is 5.26 Å². The summed E-state index contributed by atoms with van der Waals surface area (Å²) in [5.41, 5.74) is 0. The molecular weight excluding hydrogens is 158 g/mol. The van der Waals surface area contributed by atoms with Crippen LogP contribution in [0.25, 0.3) is 5.41 Å². The van der Waals surface area contributed by atoms with Crippen LogP contribution in [0.5, 0.6) is 0 Å². The minimum Gasteiger partial charge on any atom is -0.422 e. The highest BCUT2D eigenvalue weighted by atomic mass is 32.2. The second-order valence-electron chi connectivity index (χ2n) is 1.67. The van der Waals surface area contributed by atoms with Gasteiger partial charge in [-0.15, -0.1) is 6.01 Å². The van der Waals surface area contributed by atoms with Gasteiger partial charge in [0.1, 0.15) is 11.5 Å². The molecule has 0 aromatic carbocycles. The summed E-state index contributed by atoms with van der Waals surface area (Å²) in [6.07, 6.45) is 3.59. The zero-order valence-corrected chi connectivity index (χ0v) is 7.98. The molecule has 4 heteroatoms. The summed E-state index contributed by atoms with van der Waals surface area (Å²) >= 11 is 0. The average Bonchev–Trinajstić information content (AvgIpc) is 2.06. The lowest BCUT2D eigenvalue weighted by Crippen LogP contribution is -2.02. The fraction of sp³-hybridized carbons (Fsp3) is 0.714. The highest BCUT2D eigenvalue weighted by molar-refractivity contribution is 7.96. The summed E-state index contributed by atoms with van der Waals surface area (Å²) in [4.78, 5) is 2.58. The van der Waals surface area contributed by atoms with Gasteiger partial charge in [0.25, 0.3) is 0 Å². The predicted octanol–water partition coefficient (Wildman–Crippen LogP) is 1.49. The Kier molecular flexibility index (Phi) is 14.0. The molecule has 0 bridgehead atoms. The molecule has 0 N–H and O–H groups in total. The van der Waals surface area contributed by atoms with Gasteiger partial charge >= 0.3 is 0 Å². The molecule has 0 radical (unpaired) electrons. The van der Waals surface area contributed by atoms with E-state index in [1.54, 1.807) is 0 Å². The Balaban J connectivity index is 0. The average molecular weight is 171 g/mol. The summed E-state index contributed by atoms with van der Waals surface area (Å²) in [6, 6.07) is 1.28. The second kappa shape index (κ2) is 12.0. The van der Waals surface area contributed by atoms with Crippen molar-refractivity contribution in [2.24, 2.45) is 4.99 Å². The van der Waals surface area contributed by atoms with E-state index >= 15 is 0 Å². The Morgan fingerprint density at radius 3 is 1.91 bits per heavy atom. The molecule has 3 nitrogen and oxygen atoms in total. The third kappa shape index (κ3) is 17.6. The molecule has 0 aliphatic rings. The molecule has 0 unspecified atom stereocenters. The van der Waals surface area contributed by atoms with E-state index in [4.69, 9.17) is 10.7 Å². The smallest absolute Gasteiger partial charge is 0.105 e. The lowest BCUT2D eigenvalue weighted by atomic mass is 11.0. The summed E-state index contributed by atoms with van der Waals surface area (Å²) in [7, 11) is 0.716. The van der Waals surface area contributed by atoms with Crippen LogP contribution in [0.15, 0.2) is 4.99 Å². The molecule has 0 aliphatic carbocycles. The summed E-state index contributed by atoms with van der Waals surface area (Å²) in [5.74, 6) is 2.72. The van der Waals surface area contributed by atoms with E-state index in [-0.39, 0.29) is 0 Å². The van der Waals surface area contributed by atoms with Gasteiger partial charge in [-0.2, -0.15) is 5.26 Å². The maximum Gasteiger partial charge on any atom is 0.105 e. The van der Waals surface area contributed by atoms with Crippen molar-refractivity contribution in [3.63, 3.8) is 0 Å². The topological polar surface area (TPSA) is 58.5 Å². The van der Waals surface area contributed by atoms with Crippen molar-refractivity contribution in [3.8, 4) is 6.19 Å². The van der Waals surface area contributed by atoms with Crippen LogP contribution in [0, 0.1) is 11.5 Å². The van der Waals surface area contributed by atoms with Gasteiger partial charge in [0.15, 0.2) is 0 Å². The number of nitrogens with zero attached hydrogens (tertiary/aromatic N) is 3. The van der Waals surface area contributed by atoms with Crippen LogP contribution < -0.4 is 0 Å². The molecule has 0 fully saturated rings. The molecule has 0 heterocycles. The Morgan fingerprint density at radius 1 is 1.45 bits per heavy atom. The van der Waals surface area contributed by atoms with Crippen LogP contribution in [-0.4, -0.2) is 23.8 Å². The lowest BCUT2D eigenvalue weighted by molar-refractivity contribution is 1.43. The van der Waals surface area contributed by atoms with Gasteiger partial charge in [0.05, 0.1) is 12.4 Å². The van der Waals surface area contributed by atoms with Crippen LogP contribution in [-0.2, 0) is 10.9 Å². The molecule has 0 aromatic rings. The Labute approximate surface area is 71.0 Å². The van der Waals surface area contributed by atoms with E-state index in [2.05, 4.69) is 25.1 Å². The van der Waals surface area contributed by atoms with E-state index in [0.29, 0.717) is 10.9 Å². The van der Waals surface area contributed by atoms with Crippen molar-refractivity contribution in [1.82, 2.24) is 0 Å². The van der Waals surface area contributed by atoms with Gasteiger partial charge in [0.2, 0.25) is 0 Å². The predicted molar refractivity (Wildman–Crippen MR) is 50.8 cm³/mol. The van der Waals surface area contributed by atoms with E-state index < -0.39 is 0 Å². The molecule has 0 saturated carbocycles. The standard InChI is InChI=1S/C5H13S.C2N3/c1-4-6(3)5-2;3-1-5-2-4/h4-5H2,1-3H3;/q+1;-1. The van der Waals surface area contributed by atoms with Crippen LogP contribution in [0.3, 0.4) is 0 Å². The van der Waals surface area contributed by atoms with Gasteiger partial charge in [0, 0.05) is 0 Å². The van der Waals surface area contributed by atoms with Crippen LogP contribution >= 0.6 is 0 Å². The van der Waals surface area contributed by atoms with E-state index in [0.717, 1.165) is 0 Å². The molecule has 0 amide bonds. The maximum atomic E-state index is 7.43. The molecule has 0 aromatic heterocycles. The van der Waals surface area contributed by atoms with Crippen LogP contribution in [0.2, 0.25) is 0 Å². The quantitative estimate of drug-likeness (QED) is 0.353. The molecular formula is C7H13N3S. The number of hydrogen-bond acceptors (Lipinski definition) is 2. The highest BCUT2D eigenvalue weighted by Gasteiger charge is 1.98. The molecule has 0 aliphatic heterocycles. The van der Waals surface area contributed by atoms with Gasteiger partial charge in [-0.25, -0.2) is 0 Å². The SMILES string of the molecule is CC[S+](C)CC.N#CN=C=[N-]. The Bertz CT molecular complexity index is 152. The first-order valence-electron chi connectivity index (χ1n) is 3.29. The molecule has 62 valence electrons. The summed E-state index contributed by atoms with van der Waals surface area (Å²) < 4.78 is 0. The Hall–Kier alpha value is -0.780. The zero-order chi connectivity index (χ0) is 9.11. The molecule has 0 saturated heterocycles. The maximum absolute atomic E-state index is 7.43. The number of nitriles is 1. The minimum absolute atomic E-state index is 0.716. The molecule has 0 spiro atoms. The zero-order valence-electron chi connectivity index (χ0n) is 7.16. The van der Waals surface area contributed by atoms with Gasteiger partial charge < -0.3 is 10.4 Å². The van der Waals surface area contributed by atoms with Crippen LogP contribution in [0.1, 0.15) is 13.8 Å². The monoisotopic (exact) mass is 171 g/mol. The third-order valence-corrected chi connectivity index (χ3v) is 3.06. The molecule has 0 atom stereocenters. The third-order valence-electron chi connectivity index (χ3n) is 1.09. The number of aliphatic imine (C=N–C) groups is 1. The van der Waals surface area contributed by atoms with Gasteiger partial charge in [-0.05, 0) is 24.7 Å². The van der Waals surface area contributed by atoms with E-state index in [1.807, 2.05) is 0 Å². The van der Waals surface area contributed by atoms with Gasteiger partial charge in [-0.3, -0.25) is 0 Å². The number of hydrogen-bond donors (Lipinski definition) is 0. The fourth-order valence-corrected chi connectivity index (χ4v) is 0.635.